The van der Waals surface area contributed by atoms with Crippen molar-refractivity contribution < 1.29 is 4.79 Å². The van der Waals surface area contributed by atoms with E-state index in [4.69, 9.17) is 5.73 Å². The Hall–Kier alpha value is -2.05. The van der Waals surface area contributed by atoms with Gasteiger partial charge in [-0.25, -0.2) is 0 Å². The fourth-order valence-electron chi connectivity index (χ4n) is 3.83. The summed E-state index contributed by atoms with van der Waals surface area (Å²) in [6, 6.07) is 18.1. The number of nitrogens with one attached hydrogen (secondary N) is 1. The summed E-state index contributed by atoms with van der Waals surface area (Å²) in [6.45, 7) is 4.20. The second kappa shape index (κ2) is 10.6. The molecule has 0 radical (unpaired) electrons. The van der Waals surface area contributed by atoms with E-state index in [0.717, 1.165) is 49.2 Å². The lowest BCUT2D eigenvalue weighted by Crippen LogP contribution is -2.53. The molecule has 0 spiro atoms. The minimum absolute atomic E-state index is 0. The molecule has 5 nitrogen and oxygen atoms in total. The minimum atomic E-state index is -0.495. The van der Waals surface area contributed by atoms with Crippen molar-refractivity contribution in [3.05, 3.63) is 71.9 Å². The van der Waals surface area contributed by atoms with Crippen LogP contribution in [-0.2, 0) is 17.8 Å². The number of nitrogens with zero attached hydrogens (tertiary/aromatic N) is 2. The lowest BCUT2D eigenvalue weighted by Gasteiger charge is -2.36. The van der Waals surface area contributed by atoms with Gasteiger partial charge in [-0.2, -0.15) is 0 Å². The third kappa shape index (κ3) is 5.52. The SMILES string of the molecule is Cl.Cl.N[C@@H](Cc1c[nH]c2ccccc12)C(=O)N1CCN(Cc2ccccc2)CC1. The molecule has 156 valence electrons. The van der Waals surface area contributed by atoms with Crippen LogP contribution in [0.1, 0.15) is 11.1 Å². The van der Waals surface area contributed by atoms with E-state index < -0.39 is 6.04 Å². The van der Waals surface area contributed by atoms with Crippen molar-refractivity contribution in [2.24, 2.45) is 5.73 Å². The van der Waals surface area contributed by atoms with Crippen LogP contribution in [0, 0.1) is 0 Å². The number of carbonyl (C=O) groups excluding carboxylic acids is 1. The molecule has 1 aliphatic rings. The van der Waals surface area contributed by atoms with Crippen molar-refractivity contribution in [1.29, 1.82) is 0 Å². The first-order valence-electron chi connectivity index (χ1n) is 9.56. The van der Waals surface area contributed by atoms with Crippen LogP contribution in [0.25, 0.3) is 10.9 Å². The lowest BCUT2D eigenvalue weighted by molar-refractivity contribution is -0.134. The Morgan fingerprint density at radius 3 is 2.34 bits per heavy atom. The number of nitrogens with two attached hydrogens (primary N) is 1. The van der Waals surface area contributed by atoms with Crippen molar-refractivity contribution in [3.8, 4) is 0 Å². The molecule has 29 heavy (non-hydrogen) atoms. The van der Waals surface area contributed by atoms with E-state index in [1.807, 2.05) is 35.4 Å². The van der Waals surface area contributed by atoms with E-state index in [1.165, 1.54) is 5.56 Å². The molecule has 1 saturated heterocycles. The number of rotatable bonds is 5. The molecule has 1 atom stereocenters. The molecular weight excluding hydrogens is 407 g/mol. The summed E-state index contributed by atoms with van der Waals surface area (Å²) in [5.41, 5.74) is 9.77. The van der Waals surface area contributed by atoms with Gasteiger partial charge >= 0.3 is 0 Å². The number of hydrogen-bond acceptors (Lipinski definition) is 3. The van der Waals surface area contributed by atoms with Gasteiger partial charge in [0.05, 0.1) is 6.04 Å². The number of aromatic amines is 1. The molecule has 3 N–H and O–H groups in total. The summed E-state index contributed by atoms with van der Waals surface area (Å²) < 4.78 is 0. The number of fused-ring (bicyclic) bond motifs is 1. The number of H-pyrrole nitrogens is 1. The Labute approximate surface area is 184 Å². The minimum Gasteiger partial charge on any atom is -0.361 e. The van der Waals surface area contributed by atoms with Gasteiger partial charge in [0, 0.05) is 49.8 Å². The third-order valence-corrected chi connectivity index (χ3v) is 5.36. The zero-order valence-corrected chi connectivity index (χ0v) is 17.9. The summed E-state index contributed by atoms with van der Waals surface area (Å²) >= 11 is 0. The maximum absolute atomic E-state index is 12.8. The molecule has 1 amide bonds. The molecule has 2 heterocycles. The molecule has 1 fully saturated rings. The molecule has 0 aliphatic carbocycles. The van der Waals surface area contributed by atoms with Gasteiger partial charge in [0.25, 0.3) is 0 Å². The predicted octanol–water partition coefficient (Wildman–Crippen LogP) is 3.23. The second-order valence-electron chi connectivity index (χ2n) is 7.26. The van der Waals surface area contributed by atoms with Gasteiger partial charge in [0.1, 0.15) is 0 Å². The fraction of sp³-hybridized carbons (Fsp3) is 0.318. The highest BCUT2D eigenvalue weighted by Gasteiger charge is 2.26. The van der Waals surface area contributed by atoms with Crippen LogP contribution < -0.4 is 5.73 Å². The van der Waals surface area contributed by atoms with Gasteiger partial charge in [0.2, 0.25) is 5.91 Å². The third-order valence-electron chi connectivity index (χ3n) is 5.36. The van der Waals surface area contributed by atoms with Crippen LogP contribution in [0.2, 0.25) is 0 Å². The summed E-state index contributed by atoms with van der Waals surface area (Å²) in [6.07, 6.45) is 2.53. The van der Waals surface area contributed by atoms with Crippen molar-refractivity contribution in [3.63, 3.8) is 0 Å². The quantitative estimate of drug-likeness (QED) is 0.647. The average molecular weight is 435 g/mol. The van der Waals surface area contributed by atoms with Crippen molar-refractivity contribution in [2.45, 2.75) is 19.0 Å². The number of carbonyl (C=O) groups is 1. The van der Waals surface area contributed by atoms with E-state index in [9.17, 15) is 4.79 Å². The normalized spacial score (nSPS) is 15.4. The fourth-order valence-corrected chi connectivity index (χ4v) is 3.83. The maximum Gasteiger partial charge on any atom is 0.239 e. The van der Waals surface area contributed by atoms with Crippen LogP contribution in [0.5, 0.6) is 0 Å². The smallest absolute Gasteiger partial charge is 0.239 e. The van der Waals surface area contributed by atoms with Crippen LogP contribution in [-0.4, -0.2) is 52.9 Å². The van der Waals surface area contributed by atoms with Gasteiger partial charge in [-0.3, -0.25) is 9.69 Å². The number of halogens is 2. The molecule has 0 unspecified atom stereocenters. The van der Waals surface area contributed by atoms with Crippen molar-refractivity contribution >= 4 is 41.6 Å². The van der Waals surface area contributed by atoms with Gasteiger partial charge in [-0.1, -0.05) is 48.5 Å². The highest BCUT2D eigenvalue weighted by molar-refractivity contribution is 5.86. The highest BCUT2D eigenvalue weighted by Crippen LogP contribution is 2.19. The van der Waals surface area contributed by atoms with E-state index >= 15 is 0 Å². The van der Waals surface area contributed by atoms with E-state index in [1.54, 1.807) is 0 Å². The highest BCUT2D eigenvalue weighted by atomic mass is 35.5. The molecule has 3 aromatic rings. The van der Waals surface area contributed by atoms with Gasteiger partial charge in [0.15, 0.2) is 0 Å². The van der Waals surface area contributed by atoms with Crippen LogP contribution in [0.4, 0.5) is 0 Å². The number of aromatic nitrogens is 1. The average Bonchev–Trinajstić information content (AvgIpc) is 3.12. The molecule has 0 saturated carbocycles. The number of piperazine rings is 1. The number of benzene rings is 2. The first-order chi connectivity index (χ1) is 13.2. The van der Waals surface area contributed by atoms with Crippen molar-refractivity contribution in [1.82, 2.24) is 14.8 Å². The zero-order chi connectivity index (χ0) is 18.6. The van der Waals surface area contributed by atoms with Gasteiger partial charge in [-0.05, 0) is 23.6 Å². The lowest BCUT2D eigenvalue weighted by atomic mass is 10.0. The van der Waals surface area contributed by atoms with Crippen LogP contribution >= 0.6 is 24.8 Å². The Balaban J connectivity index is 0.00000150. The standard InChI is InChI=1S/C22H26N4O.2ClH/c23-20(14-18-15-24-21-9-5-4-8-19(18)21)22(27)26-12-10-25(11-13-26)16-17-6-2-1-3-7-17;;/h1-9,15,20,24H,10-14,16,23H2;2*1H/t20-;;/m0../s1. The van der Waals surface area contributed by atoms with E-state index in [0.29, 0.717) is 6.42 Å². The molecule has 7 heteroatoms. The second-order valence-corrected chi connectivity index (χ2v) is 7.26. The van der Waals surface area contributed by atoms with Crippen LogP contribution in [0.3, 0.4) is 0 Å². The van der Waals surface area contributed by atoms with Gasteiger partial charge < -0.3 is 15.6 Å². The number of para-hydroxylation sites is 1. The monoisotopic (exact) mass is 434 g/mol. The van der Waals surface area contributed by atoms with Crippen molar-refractivity contribution in [2.75, 3.05) is 26.2 Å². The summed E-state index contributed by atoms with van der Waals surface area (Å²) in [5, 5.41) is 1.15. The summed E-state index contributed by atoms with van der Waals surface area (Å²) in [4.78, 5) is 20.4. The molecule has 1 aromatic heterocycles. The molecule has 2 aromatic carbocycles. The van der Waals surface area contributed by atoms with Gasteiger partial charge in [-0.15, -0.1) is 24.8 Å². The van der Waals surface area contributed by atoms with Crippen LogP contribution in [0.15, 0.2) is 60.8 Å². The predicted molar refractivity (Wildman–Crippen MR) is 123 cm³/mol. The summed E-state index contributed by atoms with van der Waals surface area (Å²) in [7, 11) is 0. The topological polar surface area (TPSA) is 65.4 Å². The molecule has 0 bridgehead atoms. The zero-order valence-electron chi connectivity index (χ0n) is 16.3. The Morgan fingerprint density at radius 2 is 1.62 bits per heavy atom. The Bertz CT molecular complexity index is 907. The van der Waals surface area contributed by atoms with E-state index in [2.05, 4.69) is 40.2 Å². The molecule has 4 rings (SSSR count). The molecule has 1 aliphatic heterocycles. The van der Waals surface area contributed by atoms with E-state index in [-0.39, 0.29) is 30.7 Å². The maximum atomic E-state index is 12.8. The Morgan fingerprint density at radius 1 is 0.966 bits per heavy atom. The number of hydrogen-bond donors (Lipinski definition) is 2. The largest absolute Gasteiger partial charge is 0.361 e. The first-order valence-corrected chi connectivity index (χ1v) is 9.56. The first kappa shape index (κ1) is 23.2. The number of amides is 1. The summed E-state index contributed by atoms with van der Waals surface area (Å²) in [5.74, 6) is 0.0552. The Kier molecular flexibility index (Phi) is 8.53. The molecular formula is C22H28Cl2N4O.